The van der Waals surface area contributed by atoms with E-state index in [2.05, 4.69) is 5.32 Å². The lowest BCUT2D eigenvalue weighted by Crippen LogP contribution is -2.39. The van der Waals surface area contributed by atoms with E-state index < -0.39 is 5.92 Å². The lowest BCUT2D eigenvalue weighted by molar-refractivity contribution is -0.128. The van der Waals surface area contributed by atoms with Crippen molar-refractivity contribution in [2.24, 2.45) is 11.8 Å². The molecule has 3 aromatic rings. The van der Waals surface area contributed by atoms with Gasteiger partial charge in [0.05, 0.1) is 34.5 Å². The number of amides is 1. The molecular weight excluding hydrogens is 470 g/mol. The number of ether oxygens (including phenoxy) is 4. The zero-order valence-electron chi connectivity index (χ0n) is 22.2. The molecule has 0 aliphatic rings. The molecule has 0 heterocycles. The summed E-state index contributed by atoms with van der Waals surface area (Å²) in [5.74, 6) is 1.49. The second kappa shape index (κ2) is 13.6. The lowest BCUT2D eigenvalue weighted by Gasteiger charge is -2.27. The molecule has 7 nitrogen and oxygen atoms in total. The SMILES string of the molecule is COc1ccc(C[C@@H](CO)[C@H](Cc2ccc(OC)c(OC)c2)C(=O)N[C@H](C)c2ccccc2)cc1OC. The van der Waals surface area contributed by atoms with Gasteiger partial charge in [0.25, 0.3) is 0 Å². The second-order valence-electron chi connectivity index (χ2n) is 8.98. The Morgan fingerprint density at radius 3 is 1.76 bits per heavy atom. The number of aliphatic hydroxyl groups excluding tert-OH is 1. The van der Waals surface area contributed by atoms with Crippen molar-refractivity contribution < 1.29 is 28.8 Å². The predicted octanol–water partition coefficient (Wildman–Crippen LogP) is 4.61. The molecule has 0 bridgehead atoms. The molecule has 3 atom stereocenters. The molecule has 0 fully saturated rings. The molecule has 0 saturated carbocycles. The average molecular weight is 508 g/mol. The minimum Gasteiger partial charge on any atom is -0.493 e. The van der Waals surface area contributed by atoms with Crippen molar-refractivity contribution in [1.29, 1.82) is 0 Å². The van der Waals surface area contributed by atoms with Crippen LogP contribution in [-0.4, -0.2) is 46.1 Å². The third-order valence-corrected chi connectivity index (χ3v) is 6.65. The summed E-state index contributed by atoms with van der Waals surface area (Å²) in [5.41, 5.74) is 2.87. The number of nitrogens with one attached hydrogen (secondary N) is 1. The van der Waals surface area contributed by atoms with Crippen LogP contribution in [0.4, 0.5) is 0 Å². The van der Waals surface area contributed by atoms with E-state index in [1.807, 2.05) is 73.7 Å². The summed E-state index contributed by atoms with van der Waals surface area (Å²) in [7, 11) is 6.35. The Balaban J connectivity index is 1.91. The highest BCUT2D eigenvalue weighted by atomic mass is 16.5. The quantitative estimate of drug-likeness (QED) is 0.352. The molecule has 0 saturated heterocycles. The molecule has 0 unspecified atom stereocenters. The molecule has 37 heavy (non-hydrogen) atoms. The van der Waals surface area contributed by atoms with E-state index in [1.165, 1.54) is 0 Å². The van der Waals surface area contributed by atoms with Crippen LogP contribution in [-0.2, 0) is 17.6 Å². The van der Waals surface area contributed by atoms with Gasteiger partial charge in [0.15, 0.2) is 23.0 Å². The predicted molar refractivity (Wildman–Crippen MR) is 144 cm³/mol. The van der Waals surface area contributed by atoms with Crippen molar-refractivity contribution >= 4 is 5.91 Å². The van der Waals surface area contributed by atoms with E-state index in [0.717, 1.165) is 16.7 Å². The summed E-state index contributed by atoms with van der Waals surface area (Å²) in [4.78, 5) is 13.7. The van der Waals surface area contributed by atoms with Gasteiger partial charge in [0, 0.05) is 12.5 Å². The first kappa shape index (κ1) is 27.9. The summed E-state index contributed by atoms with van der Waals surface area (Å²) < 4.78 is 21.6. The molecule has 3 aromatic carbocycles. The summed E-state index contributed by atoms with van der Waals surface area (Å²) in [5, 5.41) is 13.6. The summed E-state index contributed by atoms with van der Waals surface area (Å²) in [6, 6.07) is 20.9. The van der Waals surface area contributed by atoms with E-state index in [4.69, 9.17) is 18.9 Å². The Kier molecular flexibility index (Phi) is 10.2. The van der Waals surface area contributed by atoms with E-state index in [-0.39, 0.29) is 24.5 Å². The maximum atomic E-state index is 13.7. The molecule has 2 N–H and O–H groups in total. The number of rotatable bonds is 13. The maximum Gasteiger partial charge on any atom is 0.224 e. The van der Waals surface area contributed by atoms with Crippen LogP contribution >= 0.6 is 0 Å². The molecule has 7 heteroatoms. The van der Waals surface area contributed by atoms with Gasteiger partial charge < -0.3 is 29.4 Å². The minimum atomic E-state index is -0.498. The van der Waals surface area contributed by atoms with E-state index >= 15 is 0 Å². The van der Waals surface area contributed by atoms with Crippen LogP contribution < -0.4 is 24.3 Å². The van der Waals surface area contributed by atoms with Crippen molar-refractivity contribution in [2.45, 2.75) is 25.8 Å². The van der Waals surface area contributed by atoms with Gasteiger partial charge in [-0.05, 0) is 66.6 Å². The van der Waals surface area contributed by atoms with Crippen LogP contribution in [0.25, 0.3) is 0 Å². The van der Waals surface area contributed by atoms with Crippen molar-refractivity contribution in [2.75, 3.05) is 35.0 Å². The third-order valence-electron chi connectivity index (χ3n) is 6.65. The normalized spacial score (nSPS) is 13.2. The van der Waals surface area contributed by atoms with Gasteiger partial charge in [-0.1, -0.05) is 42.5 Å². The van der Waals surface area contributed by atoms with E-state index in [1.54, 1.807) is 28.4 Å². The topological polar surface area (TPSA) is 86.3 Å². The first-order chi connectivity index (χ1) is 17.9. The first-order valence-electron chi connectivity index (χ1n) is 12.3. The minimum absolute atomic E-state index is 0.120. The monoisotopic (exact) mass is 507 g/mol. The van der Waals surface area contributed by atoms with Crippen molar-refractivity contribution in [3.8, 4) is 23.0 Å². The Morgan fingerprint density at radius 2 is 1.27 bits per heavy atom. The second-order valence-corrected chi connectivity index (χ2v) is 8.98. The number of carbonyl (C=O) groups is 1. The lowest BCUT2D eigenvalue weighted by atomic mass is 9.82. The Labute approximate surface area is 219 Å². The molecule has 198 valence electrons. The fraction of sp³-hybridized carbons (Fsp3) is 0.367. The van der Waals surface area contributed by atoms with Crippen molar-refractivity contribution in [1.82, 2.24) is 5.32 Å². The zero-order chi connectivity index (χ0) is 26.8. The highest BCUT2D eigenvalue weighted by Crippen LogP contribution is 2.32. The Hall–Kier alpha value is -3.71. The molecule has 0 radical (unpaired) electrons. The fourth-order valence-corrected chi connectivity index (χ4v) is 4.52. The summed E-state index contributed by atoms with van der Waals surface area (Å²) >= 11 is 0. The number of hydrogen-bond acceptors (Lipinski definition) is 6. The molecular formula is C30H37NO6. The van der Waals surface area contributed by atoms with Crippen LogP contribution in [0.2, 0.25) is 0 Å². The molecule has 0 aromatic heterocycles. The van der Waals surface area contributed by atoms with Crippen LogP contribution in [0.15, 0.2) is 66.7 Å². The van der Waals surface area contributed by atoms with Crippen molar-refractivity contribution in [3.63, 3.8) is 0 Å². The number of hydrogen-bond donors (Lipinski definition) is 2. The number of methoxy groups -OCH3 is 4. The van der Waals surface area contributed by atoms with Gasteiger partial charge in [-0.3, -0.25) is 4.79 Å². The average Bonchev–Trinajstić information content (AvgIpc) is 2.94. The largest absolute Gasteiger partial charge is 0.493 e. The first-order valence-corrected chi connectivity index (χ1v) is 12.3. The fourth-order valence-electron chi connectivity index (χ4n) is 4.52. The smallest absolute Gasteiger partial charge is 0.224 e. The summed E-state index contributed by atoms with van der Waals surface area (Å²) in [6.07, 6.45) is 0.911. The molecule has 3 rings (SSSR count). The van der Waals surface area contributed by atoms with Gasteiger partial charge >= 0.3 is 0 Å². The van der Waals surface area contributed by atoms with Crippen LogP contribution in [0, 0.1) is 11.8 Å². The zero-order valence-corrected chi connectivity index (χ0v) is 22.2. The molecule has 0 spiro atoms. The van der Waals surface area contributed by atoms with Crippen LogP contribution in [0.1, 0.15) is 29.7 Å². The number of benzene rings is 3. The highest BCUT2D eigenvalue weighted by Gasteiger charge is 2.30. The molecule has 0 aliphatic heterocycles. The van der Waals surface area contributed by atoms with Gasteiger partial charge in [0.2, 0.25) is 5.91 Å². The number of carbonyl (C=O) groups excluding carboxylic acids is 1. The highest BCUT2D eigenvalue weighted by molar-refractivity contribution is 5.80. The molecule has 1 amide bonds. The third kappa shape index (κ3) is 7.17. The molecule has 0 aliphatic carbocycles. The van der Waals surface area contributed by atoms with E-state index in [9.17, 15) is 9.90 Å². The van der Waals surface area contributed by atoms with Gasteiger partial charge in [-0.25, -0.2) is 0 Å². The Bertz CT molecular complexity index is 1150. The van der Waals surface area contributed by atoms with Crippen molar-refractivity contribution in [3.05, 3.63) is 83.4 Å². The maximum absolute atomic E-state index is 13.7. The van der Waals surface area contributed by atoms with Crippen LogP contribution in [0.5, 0.6) is 23.0 Å². The Morgan fingerprint density at radius 1 is 0.757 bits per heavy atom. The van der Waals surface area contributed by atoms with Gasteiger partial charge in [0.1, 0.15) is 0 Å². The summed E-state index contributed by atoms with van der Waals surface area (Å²) in [6.45, 7) is 1.81. The van der Waals surface area contributed by atoms with Gasteiger partial charge in [-0.15, -0.1) is 0 Å². The van der Waals surface area contributed by atoms with Gasteiger partial charge in [-0.2, -0.15) is 0 Å². The van der Waals surface area contributed by atoms with E-state index in [0.29, 0.717) is 35.8 Å². The standard InChI is InChI=1S/C30H37NO6/c1-20(23-9-7-6-8-10-23)31-30(33)25(16-22-12-14-27(35-3)29(18-22)37-5)24(19-32)15-21-11-13-26(34-2)28(17-21)36-4/h6-14,17-18,20,24-25,32H,15-16,19H2,1-5H3,(H,31,33)/t20-,24+,25+/m1/s1. The number of aliphatic hydroxyl groups is 1. The van der Waals surface area contributed by atoms with Crippen LogP contribution in [0.3, 0.4) is 0 Å².